The van der Waals surface area contributed by atoms with Gasteiger partial charge in [-0.15, -0.1) is 11.3 Å². The van der Waals surface area contributed by atoms with Gasteiger partial charge in [0.25, 0.3) is 11.8 Å². The zero-order chi connectivity index (χ0) is 18.4. The maximum atomic E-state index is 12.2. The fourth-order valence-corrected chi connectivity index (χ4v) is 2.72. The van der Waals surface area contributed by atoms with Crippen molar-refractivity contribution in [1.82, 2.24) is 4.98 Å². The van der Waals surface area contributed by atoms with E-state index in [9.17, 15) is 9.59 Å². The summed E-state index contributed by atoms with van der Waals surface area (Å²) in [5, 5.41) is 8.26. The number of nitrogens with zero attached hydrogens (tertiary/aromatic N) is 1. The van der Waals surface area contributed by atoms with Crippen LogP contribution in [-0.2, 0) is 4.79 Å². The Morgan fingerprint density at radius 3 is 2.65 bits per heavy atom. The first-order chi connectivity index (χ1) is 12.6. The molecule has 0 atom stereocenters. The van der Waals surface area contributed by atoms with Crippen molar-refractivity contribution in [2.75, 3.05) is 17.2 Å². The maximum absolute atomic E-state index is 12.2. The number of nitrogens with one attached hydrogen (secondary N) is 2. The first-order valence-corrected chi connectivity index (χ1v) is 8.85. The van der Waals surface area contributed by atoms with Gasteiger partial charge in [0.2, 0.25) is 0 Å². The molecule has 2 aromatic carbocycles. The van der Waals surface area contributed by atoms with E-state index >= 15 is 0 Å². The zero-order valence-corrected chi connectivity index (χ0v) is 15.0. The van der Waals surface area contributed by atoms with Crippen molar-refractivity contribution < 1.29 is 14.3 Å². The van der Waals surface area contributed by atoms with E-state index in [0.29, 0.717) is 27.2 Å². The largest absolute Gasteiger partial charge is 0.484 e. The Labute approximate surface area is 158 Å². The van der Waals surface area contributed by atoms with Crippen molar-refractivity contribution in [3.05, 3.63) is 70.7 Å². The molecule has 0 radical (unpaired) electrons. The number of anilines is 2. The molecular formula is C18H14ClN3O3S. The Balaban J connectivity index is 1.56. The highest BCUT2D eigenvalue weighted by Crippen LogP contribution is 2.17. The highest BCUT2D eigenvalue weighted by atomic mass is 35.5. The van der Waals surface area contributed by atoms with Crippen molar-refractivity contribution in [1.29, 1.82) is 0 Å². The minimum atomic E-state index is -0.336. The Bertz CT molecular complexity index is 898. The molecule has 6 nitrogen and oxygen atoms in total. The third-order valence-electron chi connectivity index (χ3n) is 3.24. The second-order valence-corrected chi connectivity index (χ2v) is 6.49. The number of amides is 2. The molecule has 2 N–H and O–H groups in total. The zero-order valence-electron chi connectivity index (χ0n) is 13.4. The van der Waals surface area contributed by atoms with Crippen molar-refractivity contribution in [3.8, 4) is 5.75 Å². The number of carbonyl (C=O) groups is 2. The number of thiazole rings is 1. The molecule has 0 aliphatic heterocycles. The fourth-order valence-electron chi connectivity index (χ4n) is 2.07. The molecule has 3 aromatic rings. The van der Waals surface area contributed by atoms with Crippen LogP contribution in [0.15, 0.2) is 60.1 Å². The number of hydrogen-bond acceptors (Lipinski definition) is 5. The van der Waals surface area contributed by atoms with Crippen molar-refractivity contribution in [3.63, 3.8) is 0 Å². The van der Waals surface area contributed by atoms with Gasteiger partial charge >= 0.3 is 0 Å². The summed E-state index contributed by atoms with van der Waals surface area (Å²) in [6, 6.07) is 13.3. The summed E-state index contributed by atoms with van der Waals surface area (Å²) >= 11 is 7.12. The fraction of sp³-hybridized carbons (Fsp3) is 0.0556. The Morgan fingerprint density at radius 2 is 1.92 bits per heavy atom. The van der Waals surface area contributed by atoms with E-state index in [2.05, 4.69) is 15.6 Å². The molecule has 1 heterocycles. The molecular weight excluding hydrogens is 374 g/mol. The van der Waals surface area contributed by atoms with Gasteiger partial charge in [-0.25, -0.2) is 4.98 Å². The second-order valence-electron chi connectivity index (χ2n) is 5.16. The molecule has 0 bridgehead atoms. The predicted octanol–water partition coefficient (Wildman–Crippen LogP) is 4.07. The monoisotopic (exact) mass is 387 g/mol. The van der Waals surface area contributed by atoms with Crippen LogP contribution in [0.5, 0.6) is 5.75 Å². The normalized spacial score (nSPS) is 10.2. The van der Waals surface area contributed by atoms with Crippen LogP contribution in [0, 0.1) is 0 Å². The van der Waals surface area contributed by atoms with E-state index in [-0.39, 0.29) is 18.4 Å². The summed E-state index contributed by atoms with van der Waals surface area (Å²) in [5.74, 6) is -0.0907. The topological polar surface area (TPSA) is 80.3 Å². The van der Waals surface area contributed by atoms with Gasteiger partial charge in [-0.1, -0.05) is 17.7 Å². The Kier molecular flexibility index (Phi) is 5.83. The number of halogens is 1. The van der Waals surface area contributed by atoms with E-state index in [1.54, 1.807) is 60.1 Å². The highest BCUT2D eigenvalue weighted by molar-refractivity contribution is 7.13. The molecule has 1 aromatic heterocycles. The van der Waals surface area contributed by atoms with Crippen LogP contribution in [0.2, 0.25) is 5.02 Å². The Morgan fingerprint density at radius 1 is 1.12 bits per heavy atom. The molecule has 0 unspecified atom stereocenters. The lowest BCUT2D eigenvalue weighted by Gasteiger charge is -2.09. The molecule has 0 saturated carbocycles. The van der Waals surface area contributed by atoms with Crippen LogP contribution in [-0.4, -0.2) is 23.4 Å². The lowest BCUT2D eigenvalue weighted by Crippen LogP contribution is -2.20. The molecule has 0 aliphatic carbocycles. The number of hydrogen-bond donors (Lipinski definition) is 2. The van der Waals surface area contributed by atoms with Crippen LogP contribution in [0.3, 0.4) is 0 Å². The average Bonchev–Trinajstić information content (AvgIpc) is 3.14. The number of carbonyl (C=O) groups excluding carboxylic acids is 2. The lowest BCUT2D eigenvalue weighted by atomic mass is 10.2. The molecule has 0 aliphatic rings. The van der Waals surface area contributed by atoms with Gasteiger partial charge in [-0.05, 0) is 42.5 Å². The minimum absolute atomic E-state index is 0.156. The summed E-state index contributed by atoms with van der Waals surface area (Å²) in [6.07, 6.45) is 1.61. The van der Waals surface area contributed by atoms with Gasteiger partial charge in [0.15, 0.2) is 11.7 Å². The van der Waals surface area contributed by atoms with Crippen LogP contribution < -0.4 is 15.4 Å². The van der Waals surface area contributed by atoms with Crippen molar-refractivity contribution in [2.45, 2.75) is 0 Å². The third kappa shape index (κ3) is 5.05. The van der Waals surface area contributed by atoms with Crippen LogP contribution >= 0.6 is 22.9 Å². The van der Waals surface area contributed by atoms with Crippen molar-refractivity contribution >= 4 is 45.6 Å². The summed E-state index contributed by atoms with van der Waals surface area (Å²) in [7, 11) is 0. The molecule has 3 rings (SSSR count). The van der Waals surface area contributed by atoms with Crippen LogP contribution in [0.25, 0.3) is 0 Å². The number of ether oxygens (including phenoxy) is 1. The first-order valence-electron chi connectivity index (χ1n) is 7.59. The summed E-state index contributed by atoms with van der Waals surface area (Å²) in [6.45, 7) is -0.156. The smallest absolute Gasteiger partial charge is 0.262 e. The quantitative estimate of drug-likeness (QED) is 0.668. The molecule has 0 spiro atoms. The molecule has 132 valence electrons. The standard InChI is InChI=1S/C18H14ClN3O3S/c19-13-4-6-15(7-5-13)25-11-16(23)21-14-3-1-2-12(10-14)17(24)22-18-20-8-9-26-18/h1-10H,11H2,(H,21,23)(H,20,22,24). The van der Waals surface area contributed by atoms with E-state index in [4.69, 9.17) is 16.3 Å². The Hall–Kier alpha value is -2.90. The van der Waals surface area contributed by atoms with Gasteiger partial charge in [0.1, 0.15) is 5.75 Å². The second kappa shape index (κ2) is 8.46. The number of aromatic nitrogens is 1. The molecule has 8 heteroatoms. The average molecular weight is 388 g/mol. The lowest BCUT2D eigenvalue weighted by molar-refractivity contribution is -0.118. The van der Waals surface area contributed by atoms with Gasteiger partial charge in [0, 0.05) is 27.9 Å². The van der Waals surface area contributed by atoms with E-state index in [0.717, 1.165) is 0 Å². The molecule has 26 heavy (non-hydrogen) atoms. The van der Waals surface area contributed by atoms with E-state index < -0.39 is 0 Å². The molecule has 2 amide bonds. The van der Waals surface area contributed by atoms with E-state index in [1.165, 1.54) is 11.3 Å². The van der Waals surface area contributed by atoms with Gasteiger partial charge in [-0.3, -0.25) is 14.9 Å². The summed E-state index contributed by atoms with van der Waals surface area (Å²) in [5.41, 5.74) is 0.915. The maximum Gasteiger partial charge on any atom is 0.262 e. The van der Waals surface area contributed by atoms with Gasteiger partial charge in [-0.2, -0.15) is 0 Å². The molecule has 0 saturated heterocycles. The third-order valence-corrected chi connectivity index (χ3v) is 4.19. The summed E-state index contributed by atoms with van der Waals surface area (Å²) < 4.78 is 5.39. The van der Waals surface area contributed by atoms with Crippen molar-refractivity contribution in [2.24, 2.45) is 0 Å². The number of benzene rings is 2. The highest BCUT2D eigenvalue weighted by Gasteiger charge is 2.10. The summed E-state index contributed by atoms with van der Waals surface area (Å²) in [4.78, 5) is 28.2. The van der Waals surface area contributed by atoms with Crippen LogP contribution in [0.4, 0.5) is 10.8 Å². The van der Waals surface area contributed by atoms with Gasteiger partial charge < -0.3 is 10.1 Å². The van der Waals surface area contributed by atoms with Gasteiger partial charge in [0.05, 0.1) is 0 Å². The van der Waals surface area contributed by atoms with E-state index in [1.807, 2.05) is 0 Å². The number of rotatable bonds is 6. The predicted molar refractivity (Wildman–Crippen MR) is 102 cm³/mol. The first kappa shape index (κ1) is 17.9. The SMILES string of the molecule is O=C(COc1ccc(Cl)cc1)Nc1cccc(C(=O)Nc2nccs2)c1. The van der Waals surface area contributed by atoms with Crippen LogP contribution in [0.1, 0.15) is 10.4 Å². The molecule has 0 fully saturated rings. The minimum Gasteiger partial charge on any atom is -0.484 e.